The van der Waals surface area contributed by atoms with Crippen LogP contribution in [0.15, 0.2) is 54.6 Å². The summed E-state index contributed by atoms with van der Waals surface area (Å²) in [5.41, 5.74) is 1.85. The Hall–Kier alpha value is -1.84. The van der Waals surface area contributed by atoms with Gasteiger partial charge in [0.05, 0.1) is 0 Å². The van der Waals surface area contributed by atoms with Crippen LogP contribution in [0.4, 0.5) is 0 Å². The third-order valence-electron chi connectivity index (χ3n) is 3.63. The van der Waals surface area contributed by atoms with Gasteiger partial charge >= 0.3 is 0 Å². The molecule has 0 radical (unpaired) electrons. The lowest BCUT2D eigenvalue weighted by Gasteiger charge is -2.24. The van der Waals surface area contributed by atoms with Crippen LogP contribution in [0.1, 0.15) is 15.9 Å². The monoisotopic (exact) mass is 316 g/mol. The van der Waals surface area contributed by atoms with Crippen molar-refractivity contribution in [2.24, 2.45) is 0 Å². The second-order valence-electron chi connectivity index (χ2n) is 5.53. The highest BCUT2D eigenvalue weighted by molar-refractivity contribution is 6.30. The predicted molar refractivity (Wildman–Crippen MR) is 91.4 cm³/mol. The van der Waals surface area contributed by atoms with E-state index in [0.29, 0.717) is 17.1 Å². The van der Waals surface area contributed by atoms with Gasteiger partial charge in [-0.2, -0.15) is 0 Å². The van der Waals surface area contributed by atoms with E-state index in [9.17, 15) is 4.79 Å². The van der Waals surface area contributed by atoms with Crippen molar-refractivity contribution < 1.29 is 4.79 Å². The fourth-order valence-corrected chi connectivity index (χ4v) is 2.46. The molecule has 1 N–H and O–H groups in total. The molecule has 2 rings (SSSR count). The minimum absolute atomic E-state index is 0.0950. The highest BCUT2D eigenvalue weighted by atomic mass is 35.5. The van der Waals surface area contributed by atoms with Gasteiger partial charge in [-0.05, 0) is 44.3 Å². The topological polar surface area (TPSA) is 32.3 Å². The van der Waals surface area contributed by atoms with E-state index < -0.39 is 0 Å². The fourth-order valence-electron chi connectivity index (χ4n) is 2.27. The zero-order chi connectivity index (χ0) is 15.9. The first-order valence-electron chi connectivity index (χ1n) is 7.30. The molecule has 0 aromatic heterocycles. The van der Waals surface area contributed by atoms with Crippen LogP contribution in [-0.2, 0) is 6.42 Å². The number of rotatable bonds is 6. The predicted octanol–water partition coefficient (Wildman–Crippen LogP) is 3.24. The Kier molecular flexibility index (Phi) is 5.99. The van der Waals surface area contributed by atoms with Crippen molar-refractivity contribution in [2.75, 3.05) is 20.6 Å². The summed E-state index contributed by atoms with van der Waals surface area (Å²) in [5, 5.41) is 3.56. The van der Waals surface area contributed by atoms with Gasteiger partial charge in [-0.25, -0.2) is 0 Å². The van der Waals surface area contributed by atoms with Crippen LogP contribution >= 0.6 is 11.6 Å². The summed E-state index contributed by atoms with van der Waals surface area (Å²) >= 11 is 5.92. The fraction of sp³-hybridized carbons (Fsp3) is 0.278. The summed E-state index contributed by atoms with van der Waals surface area (Å²) in [6, 6.07) is 17.5. The van der Waals surface area contributed by atoms with E-state index >= 15 is 0 Å². The van der Waals surface area contributed by atoms with Gasteiger partial charge in [-0.1, -0.05) is 48.0 Å². The molecular formula is C18H21ClN2O. The number of amides is 1. The minimum atomic E-state index is -0.0950. The molecule has 4 heteroatoms. The first-order chi connectivity index (χ1) is 10.6. The van der Waals surface area contributed by atoms with Gasteiger partial charge in [-0.15, -0.1) is 0 Å². The Balaban J connectivity index is 1.96. The molecule has 0 aliphatic rings. The molecule has 0 fully saturated rings. The maximum atomic E-state index is 12.2. The summed E-state index contributed by atoms with van der Waals surface area (Å²) in [4.78, 5) is 14.3. The van der Waals surface area contributed by atoms with Crippen LogP contribution in [0.25, 0.3) is 0 Å². The number of halogens is 1. The van der Waals surface area contributed by atoms with E-state index in [1.165, 1.54) is 5.56 Å². The number of likely N-dealkylation sites (N-methyl/N-ethyl adjacent to an activating group) is 1. The Labute approximate surface area is 136 Å². The first-order valence-corrected chi connectivity index (χ1v) is 7.68. The van der Waals surface area contributed by atoms with Gasteiger partial charge in [0.1, 0.15) is 0 Å². The van der Waals surface area contributed by atoms with Crippen LogP contribution in [0.2, 0.25) is 5.02 Å². The first kappa shape index (κ1) is 16.5. The van der Waals surface area contributed by atoms with Crippen LogP contribution in [0, 0.1) is 0 Å². The van der Waals surface area contributed by atoms with Crippen LogP contribution < -0.4 is 5.32 Å². The van der Waals surface area contributed by atoms with E-state index in [0.717, 1.165) is 6.42 Å². The molecule has 1 amide bonds. The molecular weight excluding hydrogens is 296 g/mol. The van der Waals surface area contributed by atoms with Crippen LogP contribution in [0.5, 0.6) is 0 Å². The molecule has 0 bridgehead atoms. The van der Waals surface area contributed by atoms with Gasteiger partial charge in [-0.3, -0.25) is 4.79 Å². The number of nitrogens with zero attached hydrogens (tertiary/aromatic N) is 1. The Morgan fingerprint density at radius 2 is 1.86 bits per heavy atom. The van der Waals surface area contributed by atoms with Crippen molar-refractivity contribution in [3.05, 3.63) is 70.7 Å². The quantitative estimate of drug-likeness (QED) is 0.887. The van der Waals surface area contributed by atoms with E-state index in [-0.39, 0.29) is 11.9 Å². The summed E-state index contributed by atoms with van der Waals surface area (Å²) in [6.07, 6.45) is 0.893. The highest BCUT2D eigenvalue weighted by Gasteiger charge is 2.14. The molecule has 0 saturated heterocycles. The molecule has 22 heavy (non-hydrogen) atoms. The Morgan fingerprint density at radius 1 is 1.14 bits per heavy atom. The van der Waals surface area contributed by atoms with Gasteiger partial charge in [0, 0.05) is 23.2 Å². The summed E-state index contributed by atoms with van der Waals surface area (Å²) in [7, 11) is 4.05. The summed E-state index contributed by atoms with van der Waals surface area (Å²) < 4.78 is 0. The van der Waals surface area contributed by atoms with Crippen molar-refractivity contribution in [1.29, 1.82) is 0 Å². The third-order valence-corrected chi connectivity index (χ3v) is 3.86. The number of nitrogens with one attached hydrogen (secondary N) is 1. The molecule has 2 aromatic rings. The van der Waals surface area contributed by atoms with Crippen molar-refractivity contribution in [1.82, 2.24) is 10.2 Å². The molecule has 0 aliphatic carbocycles. The SMILES string of the molecule is CN(C)C(CNC(=O)c1cccc(Cl)c1)Cc1ccccc1. The van der Waals surface area contributed by atoms with Crippen molar-refractivity contribution in [2.45, 2.75) is 12.5 Å². The van der Waals surface area contributed by atoms with E-state index in [4.69, 9.17) is 11.6 Å². The lowest BCUT2D eigenvalue weighted by Crippen LogP contribution is -2.41. The molecule has 0 spiro atoms. The van der Waals surface area contributed by atoms with Gasteiger partial charge in [0.25, 0.3) is 5.91 Å². The largest absolute Gasteiger partial charge is 0.350 e. The number of carbonyl (C=O) groups excluding carboxylic acids is 1. The van der Waals surface area contributed by atoms with E-state index in [1.54, 1.807) is 24.3 Å². The number of hydrogen-bond donors (Lipinski definition) is 1. The average molecular weight is 317 g/mol. The Bertz CT molecular complexity index is 613. The van der Waals surface area contributed by atoms with E-state index in [2.05, 4.69) is 22.3 Å². The normalized spacial score (nSPS) is 12.2. The number of carbonyl (C=O) groups is 1. The van der Waals surface area contributed by atoms with Gasteiger partial charge in [0.15, 0.2) is 0 Å². The lowest BCUT2D eigenvalue weighted by molar-refractivity contribution is 0.0941. The van der Waals surface area contributed by atoms with Crippen molar-refractivity contribution in [3.8, 4) is 0 Å². The lowest BCUT2D eigenvalue weighted by atomic mass is 10.1. The highest BCUT2D eigenvalue weighted by Crippen LogP contribution is 2.11. The summed E-state index contributed by atoms with van der Waals surface area (Å²) in [6.45, 7) is 0.591. The second-order valence-corrected chi connectivity index (χ2v) is 5.96. The molecule has 2 aromatic carbocycles. The molecule has 0 aliphatic heterocycles. The van der Waals surface area contributed by atoms with Gasteiger partial charge < -0.3 is 10.2 Å². The minimum Gasteiger partial charge on any atom is -0.350 e. The maximum Gasteiger partial charge on any atom is 0.251 e. The summed E-state index contributed by atoms with van der Waals surface area (Å²) in [5.74, 6) is -0.0950. The third kappa shape index (κ3) is 4.86. The van der Waals surface area contributed by atoms with Gasteiger partial charge in [0.2, 0.25) is 0 Å². The van der Waals surface area contributed by atoms with Crippen molar-refractivity contribution >= 4 is 17.5 Å². The number of benzene rings is 2. The molecule has 0 saturated carbocycles. The van der Waals surface area contributed by atoms with Crippen LogP contribution in [-0.4, -0.2) is 37.5 Å². The molecule has 0 heterocycles. The van der Waals surface area contributed by atoms with Crippen molar-refractivity contribution in [3.63, 3.8) is 0 Å². The van der Waals surface area contributed by atoms with Crippen LogP contribution in [0.3, 0.4) is 0 Å². The zero-order valence-corrected chi connectivity index (χ0v) is 13.7. The maximum absolute atomic E-state index is 12.2. The molecule has 1 atom stereocenters. The Morgan fingerprint density at radius 3 is 2.50 bits per heavy atom. The smallest absolute Gasteiger partial charge is 0.251 e. The molecule has 1 unspecified atom stereocenters. The standard InChI is InChI=1S/C18H21ClN2O/c1-21(2)17(11-14-7-4-3-5-8-14)13-20-18(22)15-9-6-10-16(19)12-15/h3-10,12,17H,11,13H2,1-2H3,(H,20,22). The molecule has 3 nitrogen and oxygen atoms in total. The van der Waals surface area contributed by atoms with E-state index in [1.807, 2.05) is 32.3 Å². The number of hydrogen-bond acceptors (Lipinski definition) is 2. The second kappa shape index (κ2) is 7.97. The average Bonchev–Trinajstić information content (AvgIpc) is 2.51. The zero-order valence-electron chi connectivity index (χ0n) is 12.9. The molecule has 116 valence electrons.